The van der Waals surface area contributed by atoms with Crippen molar-refractivity contribution < 1.29 is 14.4 Å². The molecule has 0 saturated heterocycles. The molecule has 3 amide bonds. The Morgan fingerprint density at radius 2 is 1.59 bits per heavy atom. The molecule has 0 spiro atoms. The highest BCUT2D eigenvalue weighted by Gasteiger charge is 2.12. The van der Waals surface area contributed by atoms with Crippen LogP contribution in [-0.2, 0) is 4.79 Å². The fourth-order valence-electron chi connectivity index (χ4n) is 2.41. The van der Waals surface area contributed by atoms with Crippen molar-refractivity contribution in [2.24, 2.45) is 0 Å². The van der Waals surface area contributed by atoms with Crippen LogP contribution in [0, 0.1) is 0 Å². The van der Waals surface area contributed by atoms with Gasteiger partial charge in [0.05, 0.1) is 0 Å². The number of nitrogens with one attached hydrogen (secondary N) is 3. The first-order valence-electron chi connectivity index (χ1n) is 8.93. The van der Waals surface area contributed by atoms with Crippen molar-refractivity contribution in [3.8, 4) is 0 Å². The van der Waals surface area contributed by atoms with Crippen LogP contribution in [0.15, 0.2) is 42.6 Å². The molecule has 2 aromatic rings. The number of benzene rings is 1. The third kappa shape index (κ3) is 6.54. The van der Waals surface area contributed by atoms with Crippen molar-refractivity contribution in [1.82, 2.24) is 10.3 Å². The molecule has 0 aliphatic rings. The normalized spacial score (nSPS) is 10.1. The maximum atomic E-state index is 12.4. The molecule has 1 heterocycles. The van der Waals surface area contributed by atoms with Crippen LogP contribution in [0.25, 0.3) is 0 Å². The summed E-state index contributed by atoms with van der Waals surface area (Å²) in [6.07, 6.45) is 4.51. The van der Waals surface area contributed by atoms with E-state index in [1.807, 2.05) is 0 Å². The third-order valence-corrected chi connectivity index (χ3v) is 3.78. The number of anilines is 2. The fourth-order valence-corrected chi connectivity index (χ4v) is 2.41. The zero-order chi connectivity index (χ0) is 19.6. The van der Waals surface area contributed by atoms with E-state index in [1.54, 1.807) is 30.3 Å². The predicted octanol–water partition coefficient (Wildman–Crippen LogP) is 3.21. The largest absolute Gasteiger partial charge is 0.352 e. The zero-order valence-corrected chi connectivity index (χ0v) is 15.5. The van der Waals surface area contributed by atoms with Crippen LogP contribution in [0.2, 0.25) is 0 Å². The summed E-state index contributed by atoms with van der Waals surface area (Å²) in [5.41, 5.74) is 1.75. The minimum absolute atomic E-state index is 0.155. The lowest BCUT2D eigenvalue weighted by Gasteiger charge is -2.08. The number of nitrogens with zero attached hydrogens (tertiary/aromatic N) is 1. The van der Waals surface area contributed by atoms with E-state index in [0.717, 1.165) is 19.3 Å². The van der Waals surface area contributed by atoms with E-state index in [9.17, 15) is 14.4 Å². The molecule has 7 nitrogen and oxygen atoms in total. The molecule has 7 heteroatoms. The van der Waals surface area contributed by atoms with Gasteiger partial charge in [-0.25, -0.2) is 0 Å². The number of carbonyl (C=O) groups is 3. The van der Waals surface area contributed by atoms with Gasteiger partial charge in [0.15, 0.2) is 0 Å². The Balaban J connectivity index is 1.98. The highest BCUT2D eigenvalue weighted by Crippen LogP contribution is 2.14. The van der Waals surface area contributed by atoms with Gasteiger partial charge in [-0.1, -0.05) is 19.8 Å². The Bertz CT molecular complexity index is 803. The molecule has 27 heavy (non-hydrogen) atoms. The lowest BCUT2D eigenvalue weighted by atomic mass is 10.2. The molecular weight excluding hydrogens is 344 g/mol. The van der Waals surface area contributed by atoms with E-state index < -0.39 is 5.91 Å². The number of hydrogen-bond acceptors (Lipinski definition) is 4. The summed E-state index contributed by atoms with van der Waals surface area (Å²) in [7, 11) is 0. The number of unbranched alkanes of at least 4 members (excludes halogenated alkanes) is 2. The number of pyridine rings is 1. The van der Waals surface area contributed by atoms with Crippen molar-refractivity contribution in [1.29, 1.82) is 0 Å². The minimum atomic E-state index is -0.414. The SMILES string of the molecule is CCCCCNC(=O)c1ccnc(C(=O)Nc2ccc(NC(C)=O)cc2)c1. The average Bonchev–Trinajstić information content (AvgIpc) is 2.66. The van der Waals surface area contributed by atoms with Crippen molar-refractivity contribution in [3.63, 3.8) is 0 Å². The molecule has 0 aliphatic carbocycles. The summed E-state index contributed by atoms with van der Waals surface area (Å²) in [4.78, 5) is 39.6. The Morgan fingerprint density at radius 1 is 0.926 bits per heavy atom. The average molecular weight is 368 g/mol. The summed E-state index contributed by atoms with van der Waals surface area (Å²) in [5.74, 6) is -0.800. The molecule has 0 atom stereocenters. The minimum Gasteiger partial charge on any atom is -0.352 e. The summed E-state index contributed by atoms with van der Waals surface area (Å²) >= 11 is 0. The maximum Gasteiger partial charge on any atom is 0.274 e. The molecule has 1 aromatic carbocycles. The number of carbonyl (C=O) groups excluding carboxylic acids is 3. The van der Waals surface area contributed by atoms with Crippen LogP contribution in [-0.4, -0.2) is 29.3 Å². The fraction of sp³-hybridized carbons (Fsp3) is 0.300. The van der Waals surface area contributed by atoms with E-state index in [2.05, 4.69) is 27.9 Å². The molecule has 0 fully saturated rings. The molecule has 0 aliphatic heterocycles. The molecular formula is C20H24N4O3. The van der Waals surface area contributed by atoms with Gasteiger partial charge in [-0.05, 0) is 42.8 Å². The van der Waals surface area contributed by atoms with E-state index in [-0.39, 0.29) is 17.5 Å². The highest BCUT2D eigenvalue weighted by molar-refractivity contribution is 6.04. The Morgan fingerprint density at radius 3 is 2.22 bits per heavy atom. The van der Waals surface area contributed by atoms with Crippen LogP contribution in [0.4, 0.5) is 11.4 Å². The van der Waals surface area contributed by atoms with Gasteiger partial charge in [-0.3, -0.25) is 19.4 Å². The Labute approximate surface area is 158 Å². The van der Waals surface area contributed by atoms with Gasteiger partial charge in [-0.2, -0.15) is 0 Å². The molecule has 0 radical (unpaired) electrons. The quantitative estimate of drug-likeness (QED) is 0.623. The molecule has 2 rings (SSSR count). The van der Waals surface area contributed by atoms with Crippen molar-refractivity contribution in [2.75, 3.05) is 17.2 Å². The third-order valence-electron chi connectivity index (χ3n) is 3.78. The smallest absolute Gasteiger partial charge is 0.274 e. The highest BCUT2D eigenvalue weighted by atomic mass is 16.2. The van der Waals surface area contributed by atoms with E-state index >= 15 is 0 Å². The Kier molecular flexibility index (Phi) is 7.49. The first-order chi connectivity index (χ1) is 13.0. The summed E-state index contributed by atoms with van der Waals surface area (Å²) in [5, 5.41) is 8.21. The summed E-state index contributed by atoms with van der Waals surface area (Å²) < 4.78 is 0. The van der Waals surface area contributed by atoms with Crippen LogP contribution in [0.3, 0.4) is 0 Å². The Hall–Kier alpha value is -3.22. The zero-order valence-electron chi connectivity index (χ0n) is 15.5. The van der Waals surface area contributed by atoms with Crippen LogP contribution >= 0.6 is 0 Å². The molecule has 3 N–H and O–H groups in total. The second-order valence-electron chi connectivity index (χ2n) is 6.11. The monoisotopic (exact) mass is 368 g/mol. The van der Waals surface area contributed by atoms with Gasteiger partial charge >= 0.3 is 0 Å². The van der Waals surface area contributed by atoms with Gasteiger partial charge in [-0.15, -0.1) is 0 Å². The molecule has 0 saturated carbocycles. The van der Waals surface area contributed by atoms with Crippen molar-refractivity contribution >= 4 is 29.1 Å². The molecule has 0 bridgehead atoms. The number of hydrogen-bond donors (Lipinski definition) is 3. The standard InChI is InChI=1S/C20H24N4O3/c1-3-4-5-11-22-19(26)15-10-12-21-18(13-15)20(27)24-17-8-6-16(7-9-17)23-14(2)25/h6-10,12-13H,3-5,11H2,1-2H3,(H,22,26)(H,23,25)(H,24,27). The molecule has 0 unspecified atom stereocenters. The van der Waals surface area contributed by atoms with E-state index in [1.165, 1.54) is 19.2 Å². The van der Waals surface area contributed by atoms with Gasteiger partial charge in [0.25, 0.3) is 11.8 Å². The second-order valence-corrected chi connectivity index (χ2v) is 6.11. The summed E-state index contributed by atoms with van der Waals surface area (Å²) in [6.45, 7) is 4.13. The summed E-state index contributed by atoms with van der Waals surface area (Å²) in [6, 6.07) is 9.76. The lowest BCUT2D eigenvalue weighted by Crippen LogP contribution is -2.25. The van der Waals surface area contributed by atoms with Crippen molar-refractivity contribution in [2.45, 2.75) is 33.1 Å². The number of rotatable bonds is 8. The first kappa shape index (κ1) is 20.1. The first-order valence-corrected chi connectivity index (χ1v) is 8.93. The molecule has 142 valence electrons. The maximum absolute atomic E-state index is 12.4. The van der Waals surface area contributed by atoms with Gasteiger partial charge in [0.2, 0.25) is 5.91 Å². The predicted molar refractivity (Wildman–Crippen MR) is 105 cm³/mol. The molecule has 1 aromatic heterocycles. The van der Waals surface area contributed by atoms with Crippen LogP contribution in [0.5, 0.6) is 0 Å². The second kappa shape index (κ2) is 10.1. The van der Waals surface area contributed by atoms with E-state index in [4.69, 9.17) is 0 Å². The van der Waals surface area contributed by atoms with Crippen LogP contribution < -0.4 is 16.0 Å². The van der Waals surface area contributed by atoms with Crippen LogP contribution in [0.1, 0.15) is 54.0 Å². The topological polar surface area (TPSA) is 100 Å². The number of aromatic nitrogens is 1. The van der Waals surface area contributed by atoms with Gasteiger partial charge < -0.3 is 16.0 Å². The van der Waals surface area contributed by atoms with Gasteiger partial charge in [0.1, 0.15) is 5.69 Å². The van der Waals surface area contributed by atoms with Crippen molar-refractivity contribution in [3.05, 3.63) is 53.9 Å². The number of amides is 3. The lowest BCUT2D eigenvalue weighted by molar-refractivity contribution is -0.114. The van der Waals surface area contributed by atoms with E-state index in [0.29, 0.717) is 23.5 Å². The van der Waals surface area contributed by atoms with Gasteiger partial charge in [0, 0.05) is 36.6 Å².